The van der Waals surface area contributed by atoms with Crippen LogP contribution in [-0.4, -0.2) is 25.5 Å². The minimum atomic E-state index is -0.403. The van der Waals surface area contributed by atoms with Gasteiger partial charge in [-0.05, 0) is 48.5 Å². The van der Waals surface area contributed by atoms with Crippen molar-refractivity contribution in [1.82, 2.24) is 0 Å². The van der Waals surface area contributed by atoms with Crippen molar-refractivity contribution in [3.8, 4) is 17.2 Å². The molecule has 0 aliphatic carbocycles. The van der Waals surface area contributed by atoms with Crippen molar-refractivity contribution in [2.75, 3.05) is 23.9 Å². The third kappa shape index (κ3) is 4.06. The molecule has 0 saturated carbocycles. The normalized spacial score (nSPS) is 12.4. The van der Waals surface area contributed by atoms with Gasteiger partial charge in [0.1, 0.15) is 11.5 Å². The summed E-state index contributed by atoms with van der Waals surface area (Å²) in [6.45, 7) is -0.256. The molecule has 152 valence electrons. The lowest BCUT2D eigenvalue weighted by atomic mass is 10.1. The van der Waals surface area contributed by atoms with Gasteiger partial charge in [0.2, 0.25) is 0 Å². The molecular weight excluding hydrogens is 427 g/mol. The van der Waals surface area contributed by atoms with Gasteiger partial charge in [0.25, 0.3) is 11.8 Å². The number of benzene rings is 3. The standard InChI is InChI=1S/C22H16Cl2N2O4/c1-26-17-4-2-3-5-20(17)30-18-9-7-14(11-15(18)22(26)28)25-21(27)12-29-19-8-6-13(23)10-16(19)24/h2-11H,12H2,1H3,(H,25,27). The maximum atomic E-state index is 12.9. The number of nitrogens with zero attached hydrogens (tertiary/aromatic N) is 1. The lowest BCUT2D eigenvalue weighted by Gasteiger charge is -2.16. The fraction of sp³-hybridized carbons (Fsp3) is 0.0909. The lowest BCUT2D eigenvalue weighted by Crippen LogP contribution is -2.25. The molecule has 6 nitrogen and oxygen atoms in total. The number of hydrogen-bond acceptors (Lipinski definition) is 4. The third-order valence-electron chi connectivity index (χ3n) is 4.50. The zero-order valence-corrected chi connectivity index (χ0v) is 17.3. The number of halogens is 2. The summed E-state index contributed by atoms with van der Waals surface area (Å²) in [4.78, 5) is 26.7. The monoisotopic (exact) mass is 442 g/mol. The highest BCUT2D eigenvalue weighted by Gasteiger charge is 2.25. The second-order valence-electron chi connectivity index (χ2n) is 6.56. The molecule has 30 heavy (non-hydrogen) atoms. The number of para-hydroxylation sites is 2. The van der Waals surface area contributed by atoms with Crippen LogP contribution >= 0.6 is 23.2 Å². The van der Waals surface area contributed by atoms with Crippen LogP contribution in [0, 0.1) is 0 Å². The van der Waals surface area contributed by atoms with Gasteiger partial charge in [0.05, 0.1) is 16.3 Å². The molecular formula is C22H16Cl2N2O4. The van der Waals surface area contributed by atoms with Gasteiger partial charge < -0.3 is 19.7 Å². The second-order valence-corrected chi connectivity index (χ2v) is 7.40. The number of nitrogens with one attached hydrogen (secondary N) is 1. The summed E-state index contributed by atoms with van der Waals surface area (Å²) in [7, 11) is 1.68. The van der Waals surface area contributed by atoms with Gasteiger partial charge in [-0.2, -0.15) is 0 Å². The number of carbonyl (C=O) groups excluding carboxylic acids is 2. The highest BCUT2D eigenvalue weighted by atomic mass is 35.5. The van der Waals surface area contributed by atoms with Gasteiger partial charge in [-0.25, -0.2) is 0 Å². The van der Waals surface area contributed by atoms with E-state index in [1.54, 1.807) is 49.5 Å². The molecule has 1 aliphatic heterocycles. The Morgan fingerprint density at radius 1 is 1.07 bits per heavy atom. The Kier molecular flexibility index (Phi) is 5.53. The molecule has 8 heteroatoms. The van der Waals surface area contributed by atoms with Crippen molar-refractivity contribution in [2.45, 2.75) is 0 Å². The van der Waals surface area contributed by atoms with E-state index in [-0.39, 0.29) is 12.5 Å². The molecule has 0 aromatic heterocycles. The Hall–Kier alpha value is -3.22. The van der Waals surface area contributed by atoms with Crippen molar-refractivity contribution < 1.29 is 19.1 Å². The van der Waals surface area contributed by atoms with Crippen LogP contribution in [0.2, 0.25) is 10.0 Å². The second kappa shape index (κ2) is 8.26. The van der Waals surface area contributed by atoms with E-state index in [1.165, 1.54) is 11.0 Å². The summed E-state index contributed by atoms with van der Waals surface area (Å²) in [6.07, 6.45) is 0. The molecule has 0 spiro atoms. The van der Waals surface area contributed by atoms with Gasteiger partial charge in [-0.15, -0.1) is 0 Å². The lowest BCUT2D eigenvalue weighted by molar-refractivity contribution is -0.118. The first kappa shape index (κ1) is 20.1. The first-order chi connectivity index (χ1) is 14.4. The number of fused-ring (bicyclic) bond motifs is 2. The maximum absolute atomic E-state index is 12.9. The van der Waals surface area contributed by atoms with Gasteiger partial charge in [0, 0.05) is 17.8 Å². The number of rotatable bonds is 4. The zero-order valence-electron chi connectivity index (χ0n) is 15.8. The summed E-state index contributed by atoms with van der Waals surface area (Å²) >= 11 is 11.9. The Balaban J connectivity index is 1.49. The first-order valence-corrected chi connectivity index (χ1v) is 9.74. The summed E-state index contributed by atoms with van der Waals surface area (Å²) in [5.41, 5.74) is 1.45. The molecule has 1 N–H and O–H groups in total. The van der Waals surface area contributed by atoms with E-state index >= 15 is 0 Å². The number of hydrogen-bond donors (Lipinski definition) is 1. The van der Waals surface area contributed by atoms with E-state index in [9.17, 15) is 9.59 Å². The minimum Gasteiger partial charge on any atom is -0.482 e. The van der Waals surface area contributed by atoms with Crippen LogP contribution in [0.5, 0.6) is 17.2 Å². The highest BCUT2D eigenvalue weighted by Crippen LogP contribution is 2.38. The SMILES string of the molecule is CN1C(=O)c2cc(NC(=O)COc3ccc(Cl)cc3Cl)ccc2Oc2ccccc21. The Bertz CT molecular complexity index is 1150. The summed E-state index contributed by atoms with van der Waals surface area (Å²) in [5, 5.41) is 3.49. The van der Waals surface area contributed by atoms with E-state index in [4.69, 9.17) is 32.7 Å². The van der Waals surface area contributed by atoms with Crippen LogP contribution in [0.3, 0.4) is 0 Å². The minimum absolute atomic E-state index is 0.241. The molecule has 0 radical (unpaired) electrons. The Labute approximate surface area is 182 Å². The van der Waals surface area contributed by atoms with Crippen LogP contribution in [0.1, 0.15) is 10.4 Å². The number of amides is 2. The zero-order chi connectivity index (χ0) is 21.3. The molecule has 0 atom stereocenters. The van der Waals surface area contributed by atoms with Gasteiger partial charge in [0.15, 0.2) is 12.4 Å². The largest absolute Gasteiger partial charge is 0.482 e. The van der Waals surface area contributed by atoms with Gasteiger partial charge >= 0.3 is 0 Å². The molecule has 3 aromatic rings. The maximum Gasteiger partial charge on any atom is 0.262 e. The molecule has 0 saturated heterocycles. The molecule has 4 rings (SSSR count). The predicted molar refractivity (Wildman–Crippen MR) is 116 cm³/mol. The quantitative estimate of drug-likeness (QED) is 0.587. The topological polar surface area (TPSA) is 67.9 Å². The van der Waals surface area contributed by atoms with Crippen LogP contribution in [-0.2, 0) is 4.79 Å². The average Bonchev–Trinajstić information content (AvgIpc) is 2.83. The van der Waals surface area contributed by atoms with Gasteiger partial charge in [-0.3, -0.25) is 9.59 Å². The predicted octanol–water partition coefficient (Wildman–Crippen LogP) is 5.39. The fourth-order valence-corrected chi connectivity index (χ4v) is 3.49. The van der Waals surface area contributed by atoms with E-state index in [0.717, 1.165) is 0 Å². The highest BCUT2D eigenvalue weighted by molar-refractivity contribution is 6.35. The number of ether oxygens (including phenoxy) is 2. The summed E-state index contributed by atoms with van der Waals surface area (Å²) < 4.78 is 11.3. The molecule has 3 aromatic carbocycles. The number of carbonyl (C=O) groups is 2. The third-order valence-corrected chi connectivity index (χ3v) is 5.03. The molecule has 1 heterocycles. The Morgan fingerprint density at radius 3 is 2.67 bits per heavy atom. The average molecular weight is 443 g/mol. The van der Waals surface area contributed by atoms with Crippen molar-refractivity contribution in [1.29, 1.82) is 0 Å². The summed E-state index contributed by atoms with van der Waals surface area (Å²) in [5.74, 6) is 0.701. The molecule has 0 bridgehead atoms. The van der Waals surface area contributed by atoms with E-state index in [1.807, 2.05) is 12.1 Å². The van der Waals surface area contributed by atoms with Crippen molar-refractivity contribution in [3.05, 3.63) is 76.3 Å². The van der Waals surface area contributed by atoms with Crippen LogP contribution in [0.25, 0.3) is 0 Å². The van der Waals surface area contributed by atoms with E-state index < -0.39 is 5.91 Å². The van der Waals surface area contributed by atoms with Crippen LogP contribution < -0.4 is 19.7 Å². The molecule has 0 unspecified atom stereocenters. The van der Waals surface area contributed by atoms with E-state index in [0.29, 0.717) is 44.2 Å². The molecule has 1 aliphatic rings. The van der Waals surface area contributed by atoms with Crippen molar-refractivity contribution in [3.63, 3.8) is 0 Å². The number of anilines is 2. The van der Waals surface area contributed by atoms with Crippen molar-refractivity contribution >= 4 is 46.4 Å². The molecule has 0 fully saturated rings. The summed E-state index contributed by atoms with van der Waals surface area (Å²) in [6, 6.07) is 16.9. The first-order valence-electron chi connectivity index (χ1n) is 8.99. The van der Waals surface area contributed by atoms with Crippen molar-refractivity contribution in [2.24, 2.45) is 0 Å². The smallest absolute Gasteiger partial charge is 0.262 e. The van der Waals surface area contributed by atoms with E-state index in [2.05, 4.69) is 5.32 Å². The van der Waals surface area contributed by atoms with Gasteiger partial charge in [-0.1, -0.05) is 35.3 Å². The molecule has 2 amide bonds. The fourth-order valence-electron chi connectivity index (χ4n) is 3.03. The van der Waals surface area contributed by atoms with Crippen LogP contribution in [0.4, 0.5) is 11.4 Å². The Morgan fingerprint density at radius 2 is 1.87 bits per heavy atom. The van der Waals surface area contributed by atoms with Crippen LogP contribution in [0.15, 0.2) is 60.7 Å².